The second-order valence-electron chi connectivity index (χ2n) is 9.92. The minimum Gasteiger partial charge on any atom is -0.506 e. The van der Waals surface area contributed by atoms with Crippen LogP contribution in [-0.4, -0.2) is 10.9 Å². The van der Waals surface area contributed by atoms with E-state index in [-0.39, 0.29) is 40.4 Å². The standard InChI is InChI=1S/C28H25F3N2O3/c1-28(2)12-21-24(23(35)13-28)26(32-20-7-4-8-22(34)27(20)33-21)17-10-9-16(11-19(17)30)36-14-15-5-3-6-18(29)25(15)31/h3-11,26,32-34H,12-14H2,1-2H3. The van der Waals surface area contributed by atoms with Crippen molar-refractivity contribution in [3.63, 3.8) is 0 Å². The van der Waals surface area contributed by atoms with Crippen molar-refractivity contribution in [2.45, 2.75) is 39.3 Å². The van der Waals surface area contributed by atoms with Gasteiger partial charge in [0.15, 0.2) is 17.4 Å². The lowest BCUT2D eigenvalue weighted by Crippen LogP contribution is -2.31. The third-order valence-corrected chi connectivity index (χ3v) is 6.54. The van der Waals surface area contributed by atoms with Crippen molar-refractivity contribution in [3.8, 4) is 11.5 Å². The van der Waals surface area contributed by atoms with Gasteiger partial charge < -0.3 is 20.5 Å². The molecule has 0 aromatic heterocycles. The molecular weight excluding hydrogens is 469 g/mol. The summed E-state index contributed by atoms with van der Waals surface area (Å²) in [6.07, 6.45) is 0.845. The van der Waals surface area contributed by atoms with E-state index >= 15 is 4.39 Å². The van der Waals surface area contributed by atoms with Crippen molar-refractivity contribution in [1.29, 1.82) is 0 Å². The van der Waals surface area contributed by atoms with E-state index in [9.17, 15) is 18.7 Å². The number of hydrogen-bond donors (Lipinski definition) is 3. The molecule has 1 heterocycles. The van der Waals surface area contributed by atoms with Gasteiger partial charge in [-0.2, -0.15) is 0 Å². The molecule has 5 nitrogen and oxygen atoms in total. The molecule has 1 unspecified atom stereocenters. The lowest BCUT2D eigenvalue weighted by molar-refractivity contribution is -0.118. The van der Waals surface area contributed by atoms with E-state index in [1.165, 1.54) is 30.3 Å². The minimum atomic E-state index is -1.01. The van der Waals surface area contributed by atoms with Crippen LogP contribution in [0.4, 0.5) is 24.5 Å². The van der Waals surface area contributed by atoms with E-state index in [0.717, 1.165) is 12.1 Å². The van der Waals surface area contributed by atoms with Crippen molar-refractivity contribution in [1.82, 2.24) is 0 Å². The number of hydrogen-bond acceptors (Lipinski definition) is 5. The summed E-state index contributed by atoms with van der Waals surface area (Å²) >= 11 is 0. The van der Waals surface area contributed by atoms with Gasteiger partial charge >= 0.3 is 0 Å². The van der Waals surface area contributed by atoms with Gasteiger partial charge in [-0.15, -0.1) is 0 Å². The topological polar surface area (TPSA) is 70.6 Å². The molecule has 8 heteroatoms. The van der Waals surface area contributed by atoms with Crippen molar-refractivity contribution >= 4 is 17.2 Å². The smallest absolute Gasteiger partial charge is 0.165 e. The fourth-order valence-electron chi connectivity index (χ4n) is 4.84. The largest absolute Gasteiger partial charge is 0.506 e. The summed E-state index contributed by atoms with van der Waals surface area (Å²) in [7, 11) is 0. The number of nitrogens with one attached hydrogen (secondary N) is 2. The zero-order valence-corrected chi connectivity index (χ0v) is 19.8. The molecule has 0 bridgehead atoms. The number of rotatable bonds is 4. The Hall–Kier alpha value is -3.94. The number of phenols is 1. The number of allylic oxidation sites excluding steroid dienone is 1. The number of ketones is 1. The van der Waals surface area contributed by atoms with E-state index < -0.39 is 23.5 Å². The summed E-state index contributed by atoms with van der Waals surface area (Å²) in [4.78, 5) is 13.3. The van der Waals surface area contributed by atoms with Gasteiger partial charge in [-0.25, -0.2) is 13.2 Å². The first-order valence-electron chi connectivity index (χ1n) is 11.6. The molecule has 0 fully saturated rings. The highest BCUT2D eigenvalue weighted by Gasteiger charge is 2.39. The first-order valence-corrected chi connectivity index (χ1v) is 11.6. The van der Waals surface area contributed by atoms with Gasteiger partial charge in [0.1, 0.15) is 29.6 Å². The van der Waals surface area contributed by atoms with Crippen LogP contribution in [-0.2, 0) is 11.4 Å². The predicted molar refractivity (Wildman–Crippen MR) is 130 cm³/mol. The summed E-state index contributed by atoms with van der Waals surface area (Å²) in [5, 5.41) is 16.9. The highest BCUT2D eigenvalue weighted by Crippen LogP contribution is 2.47. The number of fused-ring (bicyclic) bond motifs is 1. The average molecular weight is 495 g/mol. The van der Waals surface area contributed by atoms with Gasteiger partial charge in [-0.1, -0.05) is 32.0 Å². The van der Waals surface area contributed by atoms with Crippen molar-refractivity contribution < 1.29 is 27.8 Å². The fraction of sp³-hybridized carbons (Fsp3) is 0.250. The molecule has 186 valence electrons. The van der Waals surface area contributed by atoms with Crippen LogP contribution >= 0.6 is 0 Å². The molecule has 0 radical (unpaired) electrons. The first-order chi connectivity index (χ1) is 17.1. The molecule has 0 saturated heterocycles. The molecule has 2 aliphatic rings. The van der Waals surface area contributed by atoms with Gasteiger partial charge in [0.05, 0.1) is 11.7 Å². The quantitative estimate of drug-likeness (QED) is 0.356. The molecule has 0 amide bonds. The normalized spacial score (nSPS) is 18.5. The molecule has 3 N–H and O–H groups in total. The Morgan fingerprint density at radius 3 is 2.58 bits per heavy atom. The molecular formula is C28H25F3N2O3. The van der Waals surface area contributed by atoms with E-state index in [2.05, 4.69) is 10.6 Å². The highest BCUT2D eigenvalue weighted by atomic mass is 19.2. The summed E-state index contributed by atoms with van der Waals surface area (Å²) in [5.41, 5.74) is 1.94. The Kier molecular flexibility index (Phi) is 5.90. The van der Waals surface area contributed by atoms with Crippen LogP contribution in [0.5, 0.6) is 11.5 Å². The van der Waals surface area contributed by atoms with E-state index in [4.69, 9.17) is 4.74 Å². The van der Waals surface area contributed by atoms with Crippen LogP contribution in [0.3, 0.4) is 0 Å². The number of halogens is 3. The lowest BCUT2D eigenvalue weighted by Gasteiger charge is -2.34. The van der Waals surface area contributed by atoms with Crippen molar-refractivity contribution in [2.24, 2.45) is 5.41 Å². The molecule has 3 aromatic rings. The van der Waals surface area contributed by atoms with E-state index in [0.29, 0.717) is 35.5 Å². The van der Waals surface area contributed by atoms with Gasteiger partial charge in [0, 0.05) is 34.9 Å². The molecule has 36 heavy (non-hydrogen) atoms. The third kappa shape index (κ3) is 4.39. The molecule has 3 aromatic carbocycles. The summed E-state index contributed by atoms with van der Waals surface area (Å²) in [6, 6.07) is 12.1. The van der Waals surface area contributed by atoms with Gasteiger partial charge in [0.25, 0.3) is 0 Å². The molecule has 1 atom stereocenters. The minimum absolute atomic E-state index is 0.0112. The number of carbonyl (C=O) groups is 1. The maximum Gasteiger partial charge on any atom is 0.165 e. The first kappa shape index (κ1) is 23.8. The summed E-state index contributed by atoms with van der Waals surface area (Å²) in [5.74, 6) is -2.59. The number of phenolic OH excluding ortho intramolecular Hbond substituents is 1. The number of anilines is 2. The number of aromatic hydroxyl groups is 1. The Bertz CT molecular complexity index is 1400. The number of benzene rings is 3. The number of ether oxygens (including phenoxy) is 1. The van der Waals surface area contributed by atoms with Crippen molar-refractivity contribution in [2.75, 3.05) is 10.6 Å². The zero-order chi connectivity index (χ0) is 25.6. The number of Topliss-reactive ketones (excluding diaryl/α,β-unsaturated/α-hetero) is 1. The van der Waals surface area contributed by atoms with Crippen molar-refractivity contribution in [3.05, 3.63) is 94.4 Å². The zero-order valence-electron chi connectivity index (χ0n) is 19.8. The maximum atomic E-state index is 15.5. The molecule has 0 saturated carbocycles. The third-order valence-electron chi connectivity index (χ3n) is 6.54. The number of carbonyl (C=O) groups excluding carboxylic acids is 1. The Morgan fingerprint density at radius 2 is 1.81 bits per heavy atom. The summed E-state index contributed by atoms with van der Waals surface area (Å²) in [6.45, 7) is 3.71. The molecule has 1 aliphatic carbocycles. The average Bonchev–Trinajstić information content (AvgIpc) is 2.97. The van der Waals surface area contributed by atoms with Crippen LogP contribution < -0.4 is 15.4 Å². The van der Waals surface area contributed by atoms with E-state index in [1.807, 2.05) is 13.8 Å². The second-order valence-corrected chi connectivity index (χ2v) is 9.92. The molecule has 5 rings (SSSR count). The van der Waals surface area contributed by atoms with Crippen LogP contribution in [0.25, 0.3) is 0 Å². The van der Waals surface area contributed by atoms with Gasteiger partial charge in [0.2, 0.25) is 0 Å². The van der Waals surface area contributed by atoms with Crippen LogP contribution in [0.15, 0.2) is 65.9 Å². The highest BCUT2D eigenvalue weighted by molar-refractivity contribution is 6.01. The van der Waals surface area contributed by atoms with Crippen LogP contribution in [0.1, 0.15) is 43.9 Å². The Morgan fingerprint density at radius 1 is 1.03 bits per heavy atom. The van der Waals surface area contributed by atoms with Gasteiger partial charge in [-0.05, 0) is 42.2 Å². The Labute approximate surface area is 206 Å². The fourth-order valence-corrected chi connectivity index (χ4v) is 4.84. The number of para-hydroxylation sites is 1. The second kappa shape index (κ2) is 8.93. The molecule has 1 aliphatic heterocycles. The van der Waals surface area contributed by atoms with Crippen LogP contribution in [0, 0.1) is 22.9 Å². The SMILES string of the molecule is CC1(C)CC(=O)C2=C(C1)Nc1c(O)cccc1NC2c1ccc(OCc2cccc(F)c2F)cc1F. The predicted octanol–water partition coefficient (Wildman–Crippen LogP) is 6.61. The summed E-state index contributed by atoms with van der Waals surface area (Å²) < 4.78 is 48.4. The molecule has 0 spiro atoms. The van der Waals surface area contributed by atoms with E-state index in [1.54, 1.807) is 12.1 Å². The monoisotopic (exact) mass is 494 g/mol. The Balaban J connectivity index is 1.50. The van der Waals surface area contributed by atoms with Gasteiger partial charge in [-0.3, -0.25) is 4.79 Å². The maximum absolute atomic E-state index is 15.5. The van der Waals surface area contributed by atoms with Crippen LogP contribution in [0.2, 0.25) is 0 Å². The lowest BCUT2D eigenvalue weighted by atomic mass is 9.73.